The van der Waals surface area contributed by atoms with Crippen molar-refractivity contribution in [3.63, 3.8) is 0 Å². The average molecular weight is 392 g/mol. The van der Waals surface area contributed by atoms with Gasteiger partial charge in [0.05, 0.1) is 16.5 Å². The molecule has 0 unspecified atom stereocenters. The van der Waals surface area contributed by atoms with E-state index in [4.69, 9.17) is 4.74 Å². The highest BCUT2D eigenvalue weighted by atomic mass is 79.9. The molecule has 1 aromatic carbocycles. The number of nitrogens with one attached hydrogen (secondary N) is 1. The first kappa shape index (κ1) is 15.9. The number of nitrogens with zero attached hydrogens (tertiary/aromatic N) is 4. The molecule has 0 fully saturated rings. The summed E-state index contributed by atoms with van der Waals surface area (Å²) in [5.41, 5.74) is -0.760. The largest absolute Gasteiger partial charge is 0.496 e. The van der Waals surface area contributed by atoms with Crippen LogP contribution in [0.2, 0.25) is 0 Å². The molecule has 2 aromatic heterocycles. The SMILES string of the molecule is COc1ccc(C=Cc2nc3nc[nH]n3c(=O)c2[N+](=O)[O-])cc1Br. The number of hydrogen-bond donors (Lipinski definition) is 1. The lowest BCUT2D eigenvalue weighted by Crippen LogP contribution is -2.20. The second-order valence-electron chi connectivity index (χ2n) is 4.66. The highest BCUT2D eigenvalue weighted by molar-refractivity contribution is 9.10. The molecule has 0 atom stereocenters. The number of rotatable bonds is 4. The molecule has 3 aromatic rings. The maximum Gasteiger partial charge on any atom is 0.361 e. The summed E-state index contributed by atoms with van der Waals surface area (Å²) in [4.78, 5) is 30.5. The van der Waals surface area contributed by atoms with Crippen molar-refractivity contribution in [3.05, 3.63) is 60.7 Å². The van der Waals surface area contributed by atoms with Gasteiger partial charge in [-0.15, -0.1) is 0 Å². The van der Waals surface area contributed by atoms with Gasteiger partial charge in [-0.25, -0.2) is 9.97 Å². The molecule has 3 rings (SSSR count). The fourth-order valence-electron chi connectivity index (χ4n) is 2.11. The van der Waals surface area contributed by atoms with E-state index in [-0.39, 0.29) is 11.5 Å². The van der Waals surface area contributed by atoms with Gasteiger partial charge in [-0.3, -0.25) is 20.0 Å². The molecule has 0 spiro atoms. The second kappa shape index (κ2) is 6.24. The van der Waals surface area contributed by atoms with Crippen molar-refractivity contribution >= 4 is 39.5 Å². The molecule has 0 saturated carbocycles. The van der Waals surface area contributed by atoms with Gasteiger partial charge in [0, 0.05) is 0 Å². The highest BCUT2D eigenvalue weighted by Crippen LogP contribution is 2.26. The van der Waals surface area contributed by atoms with Gasteiger partial charge in [-0.05, 0) is 39.7 Å². The number of hydrogen-bond acceptors (Lipinski definition) is 6. The Morgan fingerprint density at radius 3 is 2.88 bits per heavy atom. The van der Waals surface area contributed by atoms with Crippen molar-refractivity contribution in [2.75, 3.05) is 7.11 Å². The minimum absolute atomic E-state index is 0.0566. The molecule has 1 N–H and O–H groups in total. The van der Waals surface area contributed by atoms with Crippen LogP contribution in [0.25, 0.3) is 17.9 Å². The first-order valence-corrected chi connectivity index (χ1v) is 7.42. The smallest absolute Gasteiger partial charge is 0.361 e. The van der Waals surface area contributed by atoms with Crippen LogP contribution in [0.1, 0.15) is 11.3 Å². The molecular weight excluding hydrogens is 382 g/mol. The first-order valence-electron chi connectivity index (χ1n) is 6.63. The molecule has 0 bridgehead atoms. The average Bonchev–Trinajstić information content (AvgIpc) is 3.01. The Balaban J connectivity index is 2.09. The molecule has 0 aliphatic heterocycles. The van der Waals surface area contributed by atoms with Gasteiger partial charge in [-0.2, -0.15) is 4.52 Å². The number of aromatic amines is 1. The molecule has 122 valence electrons. The van der Waals surface area contributed by atoms with Gasteiger partial charge in [0.25, 0.3) is 5.78 Å². The maximum atomic E-state index is 12.2. The summed E-state index contributed by atoms with van der Waals surface area (Å²) in [6, 6.07) is 5.30. The van der Waals surface area contributed by atoms with Gasteiger partial charge in [0.1, 0.15) is 12.1 Å². The van der Waals surface area contributed by atoms with E-state index in [1.807, 2.05) is 0 Å². The quantitative estimate of drug-likeness (QED) is 0.538. The third-order valence-corrected chi connectivity index (χ3v) is 3.85. The normalized spacial score (nSPS) is 11.2. The number of ether oxygens (including phenoxy) is 1. The van der Waals surface area contributed by atoms with Crippen LogP contribution in [0.15, 0.2) is 33.8 Å². The zero-order chi connectivity index (χ0) is 17.3. The summed E-state index contributed by atoms with van der Waals surface area (Å²) in [5.74, 6) is 0.716. The Morgan fingerprint density at radius 2 is 2.21 bits per heavy atom. The van der Waals surface area contributed by atoms with E-state index < -0.39 is 16.2 Å². The summed E-state index contributed by atoms with van der Waals surface area (Å²) in [6.07, 6.45) is 4.26. The second-order valence-corrected chi connectivity index (χ2v) is 5.51. The van der Waals surface area contributed by atoms with Crippen molar-refractivity contribution in [2.24, 2.45) is 0 Å². The van der Waals surface area contributed by atoms with Crippen molar-refractivity contribution < 1.29 is 9.66 Å². The van der Waals surface area contributed by atoms with Crippen molar-refractivity contribution in [2.45, 2.75) is 0 Å². The standard InChI is InChI=1S/C14H10BrN5O4/c1-24-11-5-3-8(6-9(11)15)2-4-10-12(20(22)23)13(21)19-14(18-10)16-7-17-19/h2-7H,1H3,(H,16,17,18). The van der Waals surface area contributed by atoms with Gasteiger partial charge in [-0.1, -0.05) is 12.1 Å². The lowest BCUT2D eigenvalue weighted by atomic mass is 10.2. The van der Waals surface area contributed by atoms with Crippen LogP contribution in [0.5, 0.6) is 5.75 Å². The summed E-state index contributed by atoms with van der Waals surface area (Å²) in [7, 11) is 1.55. The minimum atomic E-state index is -0.821. The van der Waals surface area contributed by atoms with Crippen LogP contribution >= 0.6 is 15.9 Å². The van der Waals surface area contributed by atoms with Gasteiger partial charge in [0.2, 0.25) is 0 Å². The molecule has 24 heavy (non-hydrogen) atoms. The Hall–Kier alpha value is -3.01. The number of nitro groups is 1. The van der Waals surface area contributed by atoms with Gasteiger partial charge in [0.15, 0.2) is 5.69 Å². The molecule has 10 heteroatoms. The number of halogens is 1. The topological polar surface area (TPSA) is 115 Å². The Kier molecular flexibility index (Phi) is 4.13. The van der Waals surface area contributed by atoms with Crippen LogP contribution in [0, 0.1) is 10.1 Å². The Bertz CT molecular complexity index is 1020. The van der Waals surface area contributed by atoms with E-state index in [0.29, 0.717) is 5.75 Å². The molecule has 0 aliphatic carbocycles. The Morgan fingerprint density at radius 1 is 1.42 bits per heavy atom. The van der Waals surface area contributed by atoms with Crippen molar-refractivity contribution in [1.29, 1.82) is 0 Å². The predicted molar refractivity (Wildman–Crippen MR) is 89.9 cm³/mol. The molecule has 9 nitrogen and oxygen atoms in total. The van der Waals surface area contributed by atoms with Crippen molar-refractivity contribution in [1.82, 2.24) is 19.6 Å². The lowest BCUT2D eigenvalue weighted by molar-refractivity contribution is -0.386. The summed E-state index contributed by atoms with van der Waals surface area (Å²) in [5, 5.41) is 13.7. The summed E-state index contributed by atoms with van der Waals surface area (Å²) >= 11 is 3.36. The van der Waals surface area contributed by atoms with Crippen LogP contribution < -0.4 is 10.3 Å². The van der Waals surface area contributed by atoms with Crippen LogP contribution in [-0.4, -0.2) is 31.6 Å². The fourth-order valence-corrected chi connectivity index (χ4v) is 2.67. The zero-order valence-electron chi connectivity index (χ0n) is 12.3. The van der Waals surface area contributed by atoms with E-state index in [9.17, 15) is 14.9 Å². The lowest BCUT2D eigenvalue weighted by Gasteiger charge is -2.03. The van der Waals surface area contributed by atoms with E-state index in [0.717, 1.165) is 14.6 Å². The fraction of sp³-hybridized carbons (Fsp3) is 0.0714. The molecule has 0 aliphatic rings. The highest BCUT2D eigenvalue weighted by Gasteiger charge is 2.22. The van der Waals surface area contributed by atoms with E-state index in [1.54, 1.807) is 31.4 Å². The number of benzene rings is 1. The van der Waals surface area contributed by atoms with Crippen molar-refractivity contribution in [3.8, 4) is 5.75 Å². The van der Waals surface area contributed by atoms with Crippen LogP contribution in [0.4, 0.5) is 5.69 Å². The summed E-state index contributed by atoms with van der Waals surface area (Å²) in [6.45, 7) is 0. The number of H-pyrrole nitrogens is 1. The zero-order valence-corrected chi connectivity index (χ0v) is 13.8. The third-order valence-electron chi connectivity index (χ3n) is 3.23. The molecule has 0 radical (unpaired) electrons. The van der Waals surface area contributed by atoms with Gasteiger partial charge < -0.3 is 4.74 Å². The Labute approximate surface area is 142 Å². The molecule has 2 heterocycles. The summed E-state index contributed by atoms with van der Waals surface area (Å²) < 4.78 is 6.79. The maximum absolute atomic E-state index is 12.2. The first-order chi connectivity index (χ1) is 11.5. The van der Waals surface area contributed by atoms with E-state index in [1.165, 1.54) is 12.4 Å². The molecule has 0 saturated heterocycles. The molecule has 0 amide bonds. The monoisotopic (exact) mass is 391 g/mol. The number of aromatic nitrogens is 4. The van der Waals surface area contributed by atoms with Crippen LogP contribution in [-0.2, 0) is 0 Å². The van der Waals surface area contributed by atoms with Gasteiger partial charge >= 0.3 is 11.2 Å². The van der Waals surface area contributed by atoms with Crippen LogP contribution in [0.3, 0.4) is 0 Å². The number of fused-ring (bicyclic) bond motifs is 1. The minimum Gasteiger partial charge on any atom is -0.496 e. The predicted octanol–water partition coefficient (Wildman–Crippen LogP) is 2.27. The van der Waals surface area contributed by atoms with E-state index >= 15 is 0 Å². The molecular formula is C14H10BrN5O4. The third kappa shape index (κ3) is 2.78. The number of methoxy groups -OCH3 is 1. The van der Waals surface area contributed by atoms with E-state index in [2.05, 4.69) is 31.0 Å².